The summed E-state index contributed by atoms with van der Waals surface area (Å²) in [4.78, 5) is 71.1. The number of carbonyl (C=O) groups excluding carboxylic acids is 2. The summed E-state index contributed by atoms with van der Waals surface area (Å²) in [7, 11) is -9.23. The van der Waals surface area contributed by atoms with Crippen molar-refractivity contribution in [3.63, 3.8) is 0 Å². The molecule has 24 heteroatoms. The Morgan fingerprint density at radius 1 is 0.896 bits per heavy atom. The number of aliphatic hydroxyl groups is 1. The number of aromatic amines is 1. The largest absolute Gasteiger partial charge is 0.493 e. The number of alkyl carbamates (subject to hydrolysis) is 1. The van der Waals surface area contributed by atoms with E-state index in [2.05, 4.69) is 28.0 Å². The lowest BCUT2D eigenvalue weighted by Crippen LogP contribution is -2.35. The third-order valence-electron chi connectivity index (χ3n) is 11.4. The Bertz CT molecular complexity index is 2220. The molecule has 5 unspecified atom stereocenters. The first-order valence-corrected chi connectivity index (χ1v) is 25.9. The number of hydrogen-bond donors (Lipinski definition) is 7. The van der Waals surface area contributed by atoms with Gasteiger partial charge in [-0.15, -0.1) is 0 Å². The van der Waals surface area contributed by atoms with Gasteiger partial charge in [0.15, 0.2) is 0 Å². The van der Waals surface area contributed by atoms with Crippen LogP contribution in [0.25, 0.3) is 0 Å². The van der Waals surface area contributed by atoms with Crippen molar-refractivity contribution in [2.75, 3.05) is 46.1 Å². The van der Waals surface area contributed by atoms with Crippen molar-refractivity contribution in [1.82, 2.24) is 25.6 Å². The molecule has 0 bridgehead atoms. The highest BCUT2D eigenvalue weighted by atomic mass is 31.2. The Labute approximate surface area is 389 Å². The fraction of sp³-hybridized carbons (Fsp3) is 0.651. The number of hydrazone groups is 1. The summed E-state index contributed by atoms with van der Waals surface area (Å²) in [5.41, 5.74) is 5.87. The topological polar surface area (TPSA) is 297 Å². The monoisotopic (exact) mass is 984 g/mol. The zero-order valence-corrected chi connectivity index (χ0v) is 40.1. The highest BCUT2D eigenvalue weighted by Gasteiger charge is 2.38. The van der Waals surface area contributed by atoms with Gasteiger partial charge in [-0.2, -0.15) is 5.10 Å². The van der Waals surface area contributed by atoms with E-state index in [1.165, 1.54) is 32.4 Å². The number of aromatic nitrogens is 2. The van der Waals surface area contributed by atoms with Gasteiger partial charge in [0, 0.05) is 49.3 Å². The van der Waals surface area contributed by atoms with Gasteiger partial charge in [-0.3, -0.25) is 42.7 Å². The van der Waals surface area contributed by atoms with Gasteiger partial charge in [-0.25, -0.2) is 18.7 Å². The van der Waals surface area contributed by atoms with Crippen molar-refractivity contribution in [3.8, 4) is 5.75 Å². The van der Waals surface area contributed by atoms with Gasteiger partial charge < -0.3 is 39.7 Å². The number of allylic oxidation sites excluding steroid dienone is 1. The van der Waals surface area contributed by atoms with E-state index in [-0.39, 0.29) is 56.4 Å². The van der Waals surface area contributed by atoms with Crippen molar-refractivity contribution in [3.05, 3.63) is 73.7 Å². The van der Waals surface area contributed by atoms with Crippen molar-refractivity contribution in [2.24, 2.45) is 11.0 Å². The number of unbranched alkanes of at least 4 members (excludes halogenated alkanes) is 4. The van der Waals surface area contributed by atoms with Crippen LogP contribution in [0, 0.1) is 12.8 Å². The summed E-state index contributed by atoms with van der Waals surface area (Å²) >= 11 is 0. The van der Waals surface area contributed by atoms with E-state index >= 15 is 0 Å². The van der Waals surface area contributed by atoms with E-state index in [1.807, 2.05) is 31.2 Å². The van der Waals surface area contributed by atoms with Gasteiger partial charge in [0.25, 0.3) is 5.56 Å². The lowest BCUT2D eigenvalue weighted by molar-refractivity contribution is -0.121. The van der Waals surface area contributed by atoms with Crippen LogP contribution in [-0.4, -0.2) is 107 Å². The van der Waals surface area contributed by atoms with Crippen LogP contribution in [0.5, 0.6) is 5.75 Å². The lowest BCUT2D eigenvalue weighted by Gasteiger charge is -2.33. The molecule has 0 spiro atoms. The highest BCUT2D eigenvalue weighted by Crippen LogP contribution is 2.46. The maximum atomic E-state index is 12.8. The van der Waals surface area contributed by atoms with Gasteiger partial charge in [0.2, 0.25) is 5.91 Å². The Balaban J connectivity index is 0.954. The molecule has 22 nitrogen and oxygen atoms in total. The number of amides is 2. The minimum absolute atomic E-state index is 0.00438. The molecular weight excluding hydrogens is 918 g/mol. The second-order valence-corrected chi connectivity index (χ2v) is 19.5. The van der Waals surface area contributed by atoms with Crippen LogP contribution in [0.4, 0.5) is 4.79 Å². The van der Waals surface area contributed by atoms with Crippen LogP contribution >= 0.6 is 15.6 Å². The van der Waals surface area contributed by atoms with Crippen molar-refractivity contribution in [1.29, 1.82) is 0 Å². The highest BCUT2D eigenvalue weighted by molar-refractivity contribution is 7.47. The molecule has 2 fully saturated rings. The maximum Gasteiger partial charge on any atom is 0.472 e. The molecule has 0 radical (unpaired) electrons. The van der Waals surface area contributed by atoms with E-state index in [4.69, 9.17) is 37.4 Å². The molecule has 7 atom stereocenters. The molecule has 1 saturated heterocycles. The number of nitrogens with zero attached hydrogens (tertiary/aromatic N) is 2. The number of phosphoric ester groups is 2. The van der Waals surface area contributed by atoms with Gasteiger partial charge in [-0.1, -0.05) is 39.0 Å². The van der Waals surface area contributed by atoms with Crippen molar-refractivity contribution < 1.29 is 65.9 Å². The number of aryl methyl sites for hydroxylation is 1. The molecule has 2 aromatic rings. The molecule has 1 aromatic carbocycles. The third-order valence-corrected chi connectivity index (χ3v) is 13.4. The zero-order valence-electron chi connectivity index (χ0n) is 38.4. The predicted molar refractivity (Wildman–Crippen MR) is 244 cm³/mol. The first kappa shape index (κ1) is 53.7. The SMILES string of the molecule is CCCCCCCNC(=O)CCOc1ccc(C2=NNC(C)=C3CC(OC(=O)NCCOP(=O)(O)OCCCOP(=O)(O)OC[C@H]4O[C@@H](n5cc(C)c(=O)[nH]c5=O)CC4O)CCCCC23)cc1. The average molecular weight is 985 g/mol. The molecule has 2 aliphatic heterocycles. The van der Waals surface area contributed by atoms with Crippen LogP contribution in [0.3, 0.4) is 0 Å². The summed E-state index contributed by atoms with van der Waals surface area (Å²) in [6.45, 7) is 4.64. The minimum Gasteiger partial charge on any atom is -0.493 e. The smallest absolute Gasteiger partial charge is 0.472 e. The Hall–Kier alpha value is -4.21. The summed E-state index contributed by atoms with van der Waals surface area (Å²) in [6.07, 6.45) is 6.44. The second-order valence-electron chi connectivity index (χ2n) is 16.6. The summed E-state index contributed by atoms with van der Waals surface area (Å²) < 4.78 is 62.8. The number of ether oxygens (including phenoxy) is 3. The van der Waals surface area contributed by atoms with Crippen LogP contribution in [0.1, 0.15) is 115 Å². The van der Waals surface area contributed by atoms with Gasteiger partial charge in [0.05, 0.1) is 51.3 Å². The average Bonchev–Trinajstić information content (AvgIpc) is 3.65. The number of H-pyrrole nitrogens is 1. The first-order chi connectivity index (χ1) is 32.0. The summed E-state index contributed by atoms with van der Waals surface area (Å²) in [6, 6.07) is 7.65. The van der Waals surface area contributed by atoms with Crippen LogP contribution in [0.15, 0.2) is 56.4 Å². The van der Waals surface area contributed by atoms with E-state index in [0.717, 1.165) is 59.2 Å². The minimum atomic E-state index is -4.66. The first-order valence-electron chi connectivity index (χ1n) is 22.9. The number of benzene rings is 1. The second kappa shape index (κ2) is 26.5. The van der Waals surface area contributed by atoms with Crippen LogP contribution in [0.2, 0.25) is 0 Å². The standard InChI is InChI=1S/C43H66N6O16P2/c1-4-5-6-7-10-19-44-38(51)18-23-59-32-16-14-31(15-17-32)40-34-13-9-8-12-33(25-35(34)30(3)47-48-40)64-43(54)45-20-24-62-66(55,56)60-21-11-22-61-67(57,58)63-28-37-36(50)26-39(65-37)49-27-29(2)41(52)46-42(49)53/h14-17,27,33-34,36-37,39,47,50H,4-13,18-26,28H2,1-3H3,(H,44,51)(H,45,54)(H,55,56)(H,57,58)(H,46,52,53)/t33?,34?,36?,37-,39-/m1/s1. The number of carbonyl (C=O) groups is 2. The lowest BCUT2D eigenvalue weighted by atomic mass is 9.79. The molecular formula is C43H66N6O16P2. The van der Waals surface area contributed by atoms with Gasteiger partial charge in [-0.05, 0) is 81.4 Å². The number of fused-ring (bicyclic) bond motifs is 1. The summed E-state index contributed by atoms with van der Waals surface area (Å²) in [5.74, 6) is 0.637. The quantitative estimate of drug-likeness (QED) is 0.0484. The number of phosphoric acid groups is 2. The van der Waals surface area contributed by atoms with Gasteiger partial charge in [0.1, 0.15) is 24.2 Å². The van der Waals surface area contributed by atoms with Crippen LogP contribution in [-0.2, 0) is 41.5 Å². The third kappa shape index (κ3) is 17.7. The van der Waals surface area contributed by atoms with E-state index in [9.17, 15) is 43.2 Å². The number of rotatable bonds is 26. The molecule has 67 heavy (non-hydrogen) atoms. The summed E-state index contributed by atoms with van der Waals surface area (Å²) in [5, 5.41) is 20.5. The molecule has 3 heterocycles. The molecule has 1 aliphatic carbocycles. The van der Waals surface area contributed by atoms with E-state index in [0.29, 0.717) is 25.1 Å². The predicted octanol–water partition coefficient (Wildman–Crippen LogP) is 4.96. The number of nitrogens with one attached hydrogen (secondary N) is 4. The molecule has 7 N–H and O–H groups in total. The number of aliphatic hydroxyl groups excluding tert-OH is 1. The molecule has 2 amide bonds. The zero-order chi connectivity index (χ0) is 48.4. The van der Waals surface area contributed by atoms with Crippen molar-refractivity contribution >= 4 is 33.4 Å². The van der Waals surface area contributed by atoms with E-state index in [1.54, 1.807) is 0 Å². The Morgan fingerprint density at radius 2 is 1.60 bits per heavy atom. The van der Waals surface area contributed by atoms with E-state index < -0.39 is 77.3 Å². The Kier molecular flexibility index (Phi) is 21.3. The van der Waals surface area contributed by atoms with Crippen LogP contribution < -0.4 is 32.0 Å². The van der Waals surface area contributed by atoms with Crippen molar-refractivity contribution in [2.45, 2.75) is 129 Å². The fourth-order valence-electron chi connectivity index (χ4n) is 7.79. The fourth-order valence-corrected chi connectivity index (χ4v) is 9.32. The molecule has 5 rings (SSSR count). The maximum absolute atomic E-state index is 12.8. The van der Waals surface area contributed by atoms with Gasteiger partial charge >= 0.3 is 27.4 Å². The molecule has 374 valence electrons. The molecule has 1 aromatic heterocycles. The normalized spacial score (nSPS) is 22.5. The molecule has 1 saturated carbocycles. The molecule has 3 aliphatic rings. The Morgan fingerprint density at radius 3 is 2.34 bits per heavy atom. The number of hydrogen-bond acceptors (Lipinski definition) is 16.